The highest BCUT2D eigenvalue weighted by atomic mass is 16.5. The van der Waals surface area contributed by atoms with Crippen LogP contribution in [0.2, 0.25) is 0 Å². The fourth-order valence-electron chi connectivity index (χ4n) is 1.76. The zero-order valence-corrected chi connectivity index (χ0v) is 8.02. The Labute approximate surface area is 83.1 Å². The average molecular weight is 191 g/mol. The fourth-order valence-corrected chi connectivity index (χ4v) is 1.76. The van der Waals surface area contributed by atoms with E-state index < -0.39 is 0 Å². The van der Waals surface area contributed by atoms with Crippen molar-refractivity contribution in [3.05, 3.63) is 18.2 Å². The predicted octanol–water partition coefficient (Wildman–Crippen LogP) is 1.32. The highest BCUT2D eigenvalue weighted by Crippen LogP contribution is 2.16. The molecule has 0 bridgehead atoms. The molecule has 1 atom stereocenters. The molecular formula is C10H13N3O. The van der Waals surface area contributed by atoms with Gasteiger partial charge in [0.05, 0.1) is 6.10 Å². The third kappa shape index (κ3) is 1.94. The van der Waals surface area contributed by atoms with E-state index in [9.17, 15) is 0 Å². The smallest absolute Gasteiger partial charge is 0.212 e. The van der Waals surface area contributed by atoms with Gasteiger partial charge in [0.25, 0.3) is 0 Å². The first-order chi connectivity index (χ1) is 6.90. The topological polar surface area (TPSA) is 50.8 Å². The number of aromatic nitrogens is 2. The lowest BCUT2D eigenvalue weighted by atomic mass is 10.2. The van der Waals surface area contributed by atoms with Gasteiger partial charge in [0.1, 0.15) is 6.07 Å². The minimum atomic E-state index is 0.379. The Kier molecular flexibility index (Phi) is 2.80. The molecule has 4 heteroatoms. The van der Waals surface area contributed by atoms with Crippen LogP contribution in [0.4, 0.5) is 0 Å². The molecule has 0 amide bonds. The lowest BCUT2D eigenvalue weighted by Gasteiger charge is -2.09. The van der Waals surface area contributed by atoms with Crippen molar-refractivity contribution in [2.24, 2.45) is 0 Å². The van der Waals surface area contributed by atoms with Crippen molar-refractivity contribution in [3.8, 4) is 6.07 Å². The number of imidazole rings is 1. The molecule has 0 spiro atoms. The number of aryl methyl sites for hydroxylation is 1. The highest BCUT2D eigenvalue weighted by molar-refractivity contribution is 5.10. The average Bonchev–Trinajstić information content (AvgIpc) is 2.85. The molecule has 1 fully saturated rings. The molecule has 14 heavy (non-hydrogen) atoms. The van der Waals surface area contributed by atoms with Gasteiger partial charge in [-0.25, -0.2) is 4.98 Å². The van der Waals surface area contributed by atoms with Gasteiger partial charge in [-0.15, -0.1) is 0 Å². The molecule has 0 saturated carbocycles. The van der Waals surface area contributed by atoms with E-state index in [4.69, 9.17) is 10.00 Å². The summed E-state index contributed by atoms with van der Waals surface area (Å²) in [4.78, 5) is 3.94. The Bertz CT molecular complexity index is 333. The van der Waals surface area contributed by atoms with E-state index in [1.54, 1.807) is 6.20 Å². The van der Waals surface area contributed by atoms with Crippen molar-refractivity contribution >= 4 is 0 Å². The zero-order valence-electron chi connectivity index (χ0n) is 8.02. The van der Waals surface area contributed by atoms with Crippen molar-refractivity contribution in [1.82, 2.24) is 9.55 Å². The van der Waals surface area contributed by atoms with Gasteiger partial charge in [-0.1, -0.05) is 0 Å². The minimum Gasteiger partial charge on any atom is -0.378 e. The first-order valence-corrected chi connectivity index (χ1v) is 4.93. The van der Waals surface area contributed by atoms with Crippen LogP contribution in [-0.4, -0.2) is 22.3 Å². The Morgan fingerprint density at radius 1 is 1.71 bits per heavy atom. The van der Waals surface area contributed by atoms with E-state index in [1.807, 2.05) is 10.8 Å². The second-order valence-corrected chi connectivity index (χ2v) is 3.48. The standard InChI is InChI=1S/C10H13N3O/c11-8-10-12-4-6-13(10)5-3-9-2-1-7-14-9/h4,6,9H,1-3,5,7H2. The summed E-state index contributed by atoms with van der Waals surface area (Å²) in [5.41, 5.74) is 0. The lowest BCUT2D eigenvalue weighted by molar-refractivity contribution is 0.100. The quantitative estimate of drug-likeness (QED) is 0.724. The highest BCUT2D eigenvalue weighted by Gasteiger charge is 2.15. The summed E-state index contributed by atoms with van der Waals surface area (Å²) in [6.45, 7) is 1.72. The zero-order chi connectivity index (χ0) is 9.80. The Balaban J connectivity index is 1.88. The number of nitriles is 1. The SMILES string of the molecule is N#Cc1nccn1CCC1CCCO1. The largest absolute Gasteiger partial charge is 0.378 e. The maximum Gasteiger partial charge on any atom is 0.212 e. The predicted molar refractivity (Wildman–Crippen MR) is 50.5 cm³/mol. The summed E-state index contributed by atoms with van der Waals surface area (Å²) >= 11 is 0. The van der Waals surface area contributed by atoms with Gasteiger partial charge in [-0.2, -0.15) is 5.26 Å². The van der Waals surface area contributed by atoms with Gasteiger partial charge in [-0.3, -0.25) is 0 Å². The molecule has 1 aliphatic rings. The summed E-state index contributed by atoms with van der Waals surface area (Å²) in [6, 6.07) is 2.06. The summed E-state index contributed by atoms with van der Waals surface area (Å²) in [5, 5.41) is 8.73. The maximum absolute atomic E-state index is 8.73. The van der Waals surface area contributed by atoms with Crippen LogP contribution in [-0.2, 0) is 11.3 Å². The van der Waals surface area contributed by atoms with E-state index in [1.165, 1.54) is 6.42 Å². The van der Waals surface area contributed by atoms with Gasteiger partial charge >= 0.3 is 0 Å². The van der Waals surface area contributed by atoms with Crippen molar-refractivity contribution in [1.29, 1.82) is 5.26 Å². The monoisotopic (exact) mass is 191 g/mol. The molecule has 74 valence electrons. The molecular weight excluding hydrogens is 178 g/mol. The third-order valence-corrected chi connectivity index (χ3v) is 2.53. The molecule has 0 N–H and O–H groups in total. The van der Waals surface area contributed by atoms with Crippen LogP contribution in [0.15, 0.2) is 12.4 Å². The van der Waals surface area contributed by atoms with Crippen LogP contribution in [0, 0.1) is 11.3 Å². The van der Waals surface area contributed by atoms with Crippen LogP contribution in [0.3, 0.4) is 0 Å². The second-order valence-electron chi connectivity index (χ2n) is 3.48. The molecule has 1 aromatic heterocycles. The molecule has 1 aliphatic heterocycles. The van der Waals surface area contributed by atoms with E-state index in [0.717, 1.165) is 26.0 Å². The number of hydrogen-bond donors (Lipinski definition) is 0. The first kappa shape index (κ1) is 9.22. The van der Waals surface area contributed by atoms with Gasteiger partial charge in [0, 0.05) is 25.5 Å². The molecule has 2 heterocycles. The summed E-state index contributed by atoms with van der Waals surface area (Å²) in [5.74, 6) is 0.489. The van der Waals surface area contributed by atoms with Crippen LogP contribution in [0.5, 0.6) is 0 Å². The summed E-state index contributed by atoms with van der Waals surface area (Å²) in [6.07, 6.45) is 7.17. The Morgan fingerprint density at radius 2 is 2.64 bits per heavy atom. The summed E-state index contributed by atoms with van der Waals surface area (Å²) < 4.78 is 7.38. The molecule has 0 radical (unpaired) electrons. The van der Waals surface area contributed by atoms with E-state index in [2.05, 4.69) is 11.1 Å². The molecule has 1 saturated heterocycles. The first-order valence-electron chi connectivity index (χ1n) is 4.93. The van der Waals surface area contributed by atoms with Crippen LogP contribution in [0.1, 0.15) is 25.1 Å². The minimum absolute atomic E-state index is 0.379. The molecule has 4 nitrogen and oxygen atoms in total. The van der Waals surface area contributed by atoms with Crippen LogP contribution < -0.4 is 0 Å². The Hall–Kier alpha value is -1.34. The fraction of sp³-hybridized carbons (Fsp3) is 0.600. The number of rotatable bonds is 3. The van der Waals surface area contributed by atoms with Gasteiger partial charge in [-0.05, 0) is 19.3 Å². The third-order valence-electron chi connectivity index (χ3n) is 2.53. The maximum atomic E-state index is 8.73. The number of hydrogen-bond acceptors (Lipinski definition) is 3. The van der Waals surface area contributed by atoms with Gasteiger partial charge in [0.15, 0.2) is 0 Å². The van der Waals surface area contributed by atoms with Crippen molar-refractivity contribution in [3.63, 3.8) is 0 Å². The second kappa shape index (κ2) is 4.25. The van der Waals surface area contributed by atoms with Crippen LogP contribution >= 0.6 is 0 Å². The molecule has 2 rings (SSSR count). The molecule has 1 aromatic rings. The normalized spacial score (nSPS) is 20.9. The summed E-state index contributed by atoms with van der Waals surface area (Å²) in [7, 11) is 0. The van der Waals surface area contributed by atoms with E-state index >= 15 is 0 Å². The van der Waals surface area contributed by atoms with Crippen molar-refractivity contribution < 1.29 is 4.74 Å². The molecule has 0 aromatic carbocycles. The lowest BCUT2D eigenvalue weighted by Crippen LogP contribution is -2.10. The molecule has 1 unspecified atom stereocenters. The number of nitrogens with zero attached hydrogens (tertiary/aromatic N) is 3. The van der Waals surface area contributed by atoms with E-state index in [-0.39, 0.29) is 0 Å². The van der Waals surface area contributed by atoms with Crippen molar-refractivity contribution in [2.45, 2.75) is 31.9 Å². The van der Waals surface area contributed by atoms with Crippen LogP contribution in [0.25, 0.3) is 0 Å². The molecule has 0 aliphatic carbocycles. The Morgan fingerprint density at radius 3 is 3.36 bits per heavy atom. The van der Waals surface area contributed by atoms with E-state index in [0.29, 0.717) is 11.9 Å². The van der Waals surface area contributed by atoms with Gasteiger partial charge in [0.2, 0.25) is 5.82 Å². The number of ether oxygens (including phenoxy) is 1. The van der Waals surface area contributed by atoms with Gasteiger partial charge < -0.3 is 9.30 Å². The van der Waals surface area contributed by atoms with Crippen molar-refractivity contribution in [2.75, 3.05) is 6.61 Å².